The van der Waals surface area contributed by atoms with Crippen LogP contribution < -0.4 is 0 Å². The van der Waals surface area contributed by atoms with Crippen molar-refractivity contribution in [3.63, 3.8) is 0 Å². The van der Waals surface area contributed by atoms with Crippen molar-refractivity contribution in [2.45, 2.75) is 37.4 Å². The Morgan fingerprint density at radius 3 is 2.71 bits per heavy atom. The average molecular weight is 320 g/mol. The number of hydrogen-bond donors (Lipinski definition) is 0. The maximum Gasteiger partial charge on any atom is 0.222 e. The topological polar surface area (TPSA) is 20.3 Å². The molecule has 2 aliphatic rings. The molecule has 0 aromatic rings. The first-order chi connectivity index (χ1) is 8.16. The van der Waals surface area contributed by atoms with Crippen molar-refractivity contribution >= 4 is 33.6 Å². The Labute approximate surface area is 117 Å². The van der Waals surface area contributed by atoms with Crippen molar-refractivity contribution in [1.29, 1.82) is 0 Å². The highest BCUT2D eigenvalue weighted by atomic mass is 79.9. The first kappa shape index (κ1) is 13.7. The van der Waals surface area contributed by atoms with E-state index < -0.39 is 0 Å². The minimum Gasteiger partial charge on any atom is -0.342 e. The van der Waals surface area contributed by atoms with Gasteiger partial charge in [0, 0.05) is 24.3 Å². The Morgan fingerprint density at radius 2 is 2.06 bits per heavy atom. The van der Waals surface area contributed by atoms with Gasteiger partial charge in [0.15, 0.2) is 0 Å². The molecule has 2 rings (SSSR count). The molecule has 98 valence electrons. The normalized spacial score (nSPS) is 31.5. The molecule has 1 amide bonds. The molecular formula is C13H22BrNOS. The summed E-state index contributed by atoms with van der Waals surface area (Å²) in [6.07, 6.45) is 4.37. The predicted octanol–water partition coefficient (Wildman–Crippen LogP) is 3.15. The molecule has 2 nitrogen and oxygen atoms in total. The van der Waals surface area contributed by atoms with Crippen LogP contribution in [0.25, 0.3) is 0 Å². The lowest BCUT2D eigenvalue weighted by Crippen LogP contribution is -2.43. The van der Waals surface area contributed by atoms with E-state index in [1.807, 2.05) is 11.8 Å². The highest BCUT2D eigenvalue weighted by Crippen LogP contribution is 2.28. The molecular weight excluding hydrogens is 298 g/mol. The summed E-state index contributed by atoms with van der Waals surface area (Å²) in [6.45, 7) is 4.12. The predicted molar refractivity (Wildman–Crippen MR) is 77.7 cm³/mol. The number of thioether (sulfide) groups is 1. The van der Waals surface area contributed by atoms with Gasteiger partial charge in [-0.3, -0.25) is 4.79 Å². The lowest BCUT2D eigenvalue weighted by Gasteiger charge is -2.35. The van der Waals surface area contributed by atoms with Gasteiger partial charge < -0.3 is 4.90 Å². The Hall–Kier alpha value is 0.300. The second-order valence-corrected chi connectivity index (χ2v) is 7.78. The smallest absolute Gasteiger partial charge is 0.222 e. The monoisotopic (exact) mass is 319 g/mol. The van der Waals surface area contributed by atoms with Crippen molar-refractivity contribution < 1.29 is 4.79 Å². The third kappa shape index (κ3) is 3.88. The van der Waals surface area contributed by atoms with Crippen molar-refractivity contribution in [3.05, 3.63) is 0 Å². The van der Waals surface area contributed by atoms with Gasteiger partial charge in [-0.15, -0.1) is 0 Å². The van der Waals surface area contributed by atoms with Crippen LogP contribution in [0.4, 0.5) is 0 Å². The molecule has 2 unspecified atom stereocenters. The van der Waals surface area contributed by atoms with Gasteiger partial charge in [-0.05, 0) is 42.6 Å². The van der Waals surface area contributed by atoms with Crippen LogP contribution in [0, 0.1) is 11.8 Å². The molecule has 0 aromatic carbocycles. The Balaban J connectivity index is 1.79. The second-order valence-electron chi connectivity index (χ2n) is 5.38. The van der Waals surface area contributed by atoms with Crippen molar-refractivity contribution in [2.24, 2.45) is 11.8 Å². The van der Waals surface area contributed by atoms with E-state index in [0.29, 0.717) is 22.6 Å². The maximum absolute atomic E-state index is 12.2. The second kappa shape index (κ2) is 6.46. The zero-order valence-electron chi connectivity index (χ0n) is 10.5. The van der Waals surface area contributed by atoms with Crippen LogP contribution in [-0.4, -0.2) is 40.2 Å². The molecule has 0 aliphatic carbocycles. The summed E-state index contributed by atoms with van der Waals surface area (Å²) in [5.41, 5.74) is 0. The molecule has 0 N–H and O–H groups in total. The summed E-state index contributed by atoms with van der Waals surface area (Å²) in [6, 6.07) is 0. The van der Waals surface area contributed by atoms with E-state index in [-0.39, 0.29) is 0 Å². The number of likely N-dealkylation sites (tertiary alicyclic amines) is 1. The number of amides is 1. The fraction of sp³-hybridized carbons (Fsp3) is 0.923. The van der Waals surface area contributed by atoms with Crippen LogP contribution in [0.1, 0.15) is 32.6 Å². The molecule has 0 aromatic heterocycles. The summed E-state index contributed by atoms with van der Waals surface area (Å²) in [5.74, 6) is 4.14. The summed E-state index contributed by atoms with van der Waals surface area (Å²) in [4.78, 5) is 14.9. The van der Waals surface area contributed by atoms with Gasteiger partial charge in [0.05, 0.1) is 0 Å². The van der Waals surface area contributed by atoms with E-state index in [1.54, 1.807) is 0 Å². The number of carbonyl (C=O) groups excluding carboxylic acids is 1. The number of nitrogens with zero attached hydrogens (tertiary/aromatic N) is 1. The van der Waals surface area contributed by atoms with Gasteiger partial charge in [0.1, 0.15) is 0 Å². The molecule has 0 spiro atoms. The van der Waals surface area contributed by atoms with Gasteiger partial charge in [-0.25, -0.2) is 0 Å². The third-order valence-corrected chi connectivity index (χ3v) is 6.37. The summed E-state index contributed by atoms with van der Waals surface area (Å²) in [7, 11) is 0. The zero-order chi connectivity index (χ0) is 12.3. The van der Waals surface area contributed by atoms with E-state index in [4.69, 9.17) is 0 Å². The van der Waals surface area contributed by atoms with Crippen LogP contribution >= 0.6 is 27.7 Å². The molecule has 0 radical (unpaired) electrons. The van der Waals surface area contributed by atoms with Crippen LogP contribution in [-0.2, 0) is 4.79 Å². The fourth-order valence-corrected chi connectivity index (χ4v) is 4.25. The summed E-state index contributed by atoms with van der Waals surface area (Å²) in [5, 5.41) is 0. The van der Waals surface area contributed by atoms with Crippen LogP contribution in [0.5, 0.6) is 0 Å². The number of hydrogen-bond acceptors (Lipinski definition) is 2. The molecule has 2 heterocycles. The molecule has 17 heavy (non-hydrogen) atoms. The van der Waals surface area contributed by atoms with E-state index in [9.17, 15) is 4.79 Å². The molecule has 2 fully saturated rings. The maximum atomic E-state index is 12.2. The molecule has 2 saturated heterocycles. The lowest BCUT2D eigenvalue weighted by molar-refractivity contribution is -0.133. The largest absolute Gasteiger partial charge is 0.342 e. The van der Waals surface area contributed by atoms with Gasteiger partial charge in [0.2, 0.25) is 5.91 Å². The molecule has 2 atom stereocenters. The first-order valence-corrected chi connectivity index (χ1v) is 8.73. The Morgan fingerprint density at radius 1 is 1.35 bits per heavy atom. The van der Waals surface area contributed by atoms with Crippen molar-refractivity contribution in [2.75, 3.05) is 24.6 Å². The number of piperidine rings is 1. The Bertz CT molecular complexity index is 268. The number of alkyl halides is 1. The van der Waals surface area contributed by atoms with Crippen LogP contribution in [0.3, 0.4) is 0 Å². The highest BCUT2D eigenvalue weighted by molar-refractivity contribution is 9.09. The van der Waals surface area contributed by atoms with Crippen LogP contribution in [0.2, 0.25) is 0 Å². The SMILES string of the molecule is CC1CN(C(=O)CC2CCSCC2)CCC1Br. The zero-order valence-corrected chi connectivity index (χ0v) is 12.9. The third-order valence-electron chi connectivity index (χ3n) is 3.96. The van der Waals surface area contributed by atoms with E-state index in [0.717, 1.165) is 25.9 Å². The molecule has 2 aliphatic heterocycles. The van der Waals surface area contributed by atoms with E-state index in [2.05, 4.69) is 27.8 Å². The number of halogens is 1. The summed E-state index contributed by atoms with van der Waals surface area (Å²) < 4.78 is 0. The standard InChI is InChI=1S/C13H22BrNOS/c1-10-9-15(5-2-12(10)14)13(16)8-11-3-6-17-7-4-11/h10-12H,2-9H2,1H3. The van der Waals surface area contributed by atoms with Gasteiger partial charge in [-0.2, -0.15) is 11.8 Å². The highest BCUT2D eigenvalue weighted by Gasteiger charge is 2.28. The van der Waals surface area contributed by atoms with Crippen molar-refractivity contribution in [1.82, 2.24) is 4.90 Å². The minimum atomic E-state index is 0.396. The number of carbonyl (C=O) groups is 1. The quantitative estimate of drug-likeness (QED) is 0.729. The van der Waals surface area contributed by atoms with Gasteiger partial charge >= 0.3 is 0 Å². The van der Waals surface area contributed by atoms with E-state index >= 15 is 0 Å². The molecule has 0 bridgehead atoms. The minimum absolute atomic E-state index is 0.396. The van der Waals surface area contributed by atoms with E-state index in [1.165, 1.54) is 24.3 Å². The molecule has 0 saturated carbocycles. The Kier molecular flexibility index (Phi) is 5.22. The lowest BCUT2D eigenvalue weighted by atomic mass is 9.95. The van der Waals surface area contributed by atoms with Gasteiger partial charge in [0.25, 0.3) is 0 Å². The fourth-order valence-electron chi connectivity index (χ4n) is 2.67. The number of rotatable bonds is 2. The van der Waals surface area contributed by atoms with Crippen molar-refractivity contribution in [3.8, 4) is 0 Å². The average Bonchev–Trinajstić information content (AvgIpc) is 2.34. The molecule has 4 heteroatoms. The van der Waals surface area contributed by atoms with Gasteiger partial charge in [-0.1, -0.05) is 22.9 Å². The summed E-state index contributed by atoms with van der Waals surface area (Å²) >= 11 is 5.72. The first-order valence-electron chi connectivity index (χ1n) is 6.66. The van der Waals surface area contributed by atoms with Crippen LogP contribution in [0.15, 0.2) is 0 Å².